The maximum absolute atomic E-state index is 4.34. The Balaban J connectivity index is 1.81. The van der Waals surface area contributed by atoms with Crippen molar-refractivity contribution in [1.29, 1.82) is 0 Å². The average Bonchev–Trinajstić information content (AvgIpc) is 2.99. The standard InChI is InChI=1S/C14H21N3S/c1-3-8-17-13(6-7-16-17)11-15-12(2)10-14-5-4-9-18-14/h4-7,9,12,15H,3,8,10-11H2,1-2H3. The molecule has 1 atom stereocenters. The van der Waals surface area contributed by atoms with Gasteiger partial charge in [0.2, 0.25) is 0 Å². The van der Waals surface area contributed by atoms with Crippen LogP contribution < -0.4 is 5.32 Å². The van der Waals surface area contributed by atoms with E-state index >= 15 is 0 Å². The van der Waals surface area contributed by atoms with Crippen molar-refractivity contribution in [2.45, 2.75) is 45.8 Å². The normalized spacial score (nSPS) is 12.8. The molecule has 0 fully saturated rings. The van der Waals surface area contributed by atoms with E-state index in [0.29, 0.717) is 6.04 Å². The van der Waals surface area contributed by atoms with E-state index in [1.165, 1.54) is 10.6 Å². The van der Waals surface area contributed by atoms with E-state index in [4.69, 9.17) is 0 Å². The van der Waals surface area contributed by atoms with Crippen LogP contribution in [0.3, 0.4) is 0 Å². The predicted molar refractivity (Wildman–Crippen MR) is 76.8 cm³/mol. The highest BCUT2D eigenvalue weighted by Gasteiger charge is 2.06. The van der Waals surface area contributed by atoms with E-state index in [-0.39, 0.29) is 0 Å². The van der Waals surface area contributed by atoms with Crippen LogP contribution in [0.2, 0.25) is 0 Å². The van der Waals surface area contributed by atoms with E-state index in [1.54, 1.807) is 0 Å². The van der Waals surface area contributed by atoms with Gasteiger partial charge in [-0.05, 0) is 37.3 Å². The Morgan fingerprint density at radius 1 is 1.44 bits per heavy atom. The molecule has 1 unspecified atom stereocenters. The van der Waals surface area contributed by atoms with Crippen LogP contribution in [0, 0.1) is 0 Å². The molecule has 3 nitrogen and oxygen atoms in total. The van der Waals surface area contributed by atoms with Gasteiger partial charge in [-0.15, -0.1) is 11.3 Å². The summed E-state index contributed by atoms with van der Waals surface area (Å²) in [4.78, 5) is 1.44. The fourth-order valence-electron chi connectivity index (χ4n) is 2.00. The van der Waals surface area contributed by atoms with E-state index in [9.17, 15) is 0 Å². The molecule has 4 heteroatoms. The van der Waals surface area contributed by atoms with Crippen molar-refractivity contribution in [2.24, 2.45) is 0 Å². The van der Waals surface area contributed by atoms with Crippen molar-refractivity contribution in [3.05, 3.63) is 40.3 Å². The van der Waals surface area contributed by atoms with Gasteiger partial charge in [-0.2, -0.15) is 5.10 Å². The van der Waals surface area contributed by atoms with E-state index in [2.05, 4.69) is 52.5 Å². The fourth-order valence-corrected chi connectivity index (χ4v) is 2.84. The third-order valence-electron chi connectivity index (χ3n) is 2.96. The molecule has 98 valence electrons. The van der Waals surface area contributed by atoms with Gasteiger partial charge in [0.15, 0.2) is 0 Å². The molecule has 2 heterocycles. The summed E-state index contributed by atoms with van der Waals surface area (Å²) < 4.78 is 2.09. The number of hydrogen-bond donors (Lipinski definition) is 1. The third kappa shape index (κ3) is 3.68. The molecule has 0 spiro atoms. The summed E-state index contributed by atoms with van der Waals surface area (Å²) in [5.74, 6) is 0. The first-order chi connectivity index (χ1) is 8.79. The van der Waals surface area contributed by atoms with Gasteiger partial charge >= 0.3 is 0 Å². The molecule has 0 aliphatic heterocycles. The maximum atomic E-state index is 4.34. The zero-order chi connectivity index (χ0) is 12.8. The van der Waals surface area contributed by atoms with Crippen molar-refractivity contribution >= 4 is 11.3 Å². The predicted octanol–water partition coefficient (Wildman–Crippen LogP) is 3.08. The Morgan fingerprint density at radius 3 is 3.06 bits per heavy atom. The van der Waals surface area contributed by atoms with E-state index in [1.807, 2.05) is 17.5 Å². The monoisotopic (exact) mass is 263 g/mol. The van der Waals surface area contributed by atoms with Gasteiger partial charge in [0.05, 0.1) is 5.69 Å². The highest BCUT2D eigenvalue weighted by atomic mass is 32.1. The van der Waals surface area contributed by atoms with Gasteiger partial charge in [-0.25, -0.2) is 0 Å². The summed E-state index contributed by atoms with van der Waals surface area (Å²) in [5.41, 5.74) is 1.27. The van der Waals surface area contributed by atoms with Crippen molar-refractivity contribution in [1.82, 2.24) is 15.1 Å². The number of aryl methyl sites for hydroxylation is 1. The first kappa shape index (κ1) is 13.3. The van der Waals surface area contributed by atoms with Crippen molar-refractivity contribution in [3.63, 3.8) is 0 Å². The lowest BCUT2D eigenvalue weighted by molar-refractivity contribution is 0.505. The summed E-state index contributed by atoms with van der Waals surface area (Å²) >= 11 is 1.83. The SMILES string of the molecule is CCCn1nccc1CNC(C)Cc1cccs1. The van der Waals surface area contributed by atoms with Gasteiger partial charge in [0, 0.05) is 30.2 Å². The molecule has 1 N–H and O–H groups in total. The molecule has 2 aromatic heterocycles. The minimum Gasteiger partial charge on any atom is -0.308 e. The number of aromatic nitrogens is 2. The highest BCUT2D eigenvalue weighted by molar-refractivity contribution is 7.09. The van der Waals surface area contributed by atoms with Gasteiger partial charge in [0.25, 0.3) is 0 Å². The summed E-state index contributed by atoms with van der Waals surface area (Å²) in [6, 6.07) is 6.90. The first-order valence-electron chi connectivity index (χ1n) is 6.56. The van der Waals surface area contributed by atoms with Crippen molar-refractivity contribution < 1.29 is 0 Å². The summed E-state index contributed by atoms with van der Waals surface area (Å²) in [7, 11) is 0. The highest BCUT2D eigenvalue weighted by Crippen LogP contribution is 2.11. The Morgan fingerprint density at radius 2 is 2.33 bits per heavy atom. The Kier molecular flexibility index (Phi) is 4.96. The van der Waals surface area contributed by atoms with Crippen LogP contribution in [0.5, 0.6) is 0 Å². The van der Waals surface area contributed by atoms with Crippen molar-refractivity contribution in [2.75, 3.05) is 0 Å². The average molecular weight is 263 g/mol. The summed E-state index contributed by atoms with van der Waals surface area (Å²) in [5, 5.41) is 10.0. The molecule has 18 heavy (non-hydrogen) atoms. The Labute approximate surface area is 113 Å². The Bertz CT molecular complexity index is 447. The molecule has 0 amide bonds. The molecular formula is C14H21N3S. The minimum atomic E-state index is 0.494. The molecule has 0 aliphatic rings. The number of hydrogen-bond acceptors (Lipinski definition) is 3. The van der Waals surface area contributed by atoms with Gasteiger partial charge in [0.1, 0.15) is 0 Å². The van der Waals surface area contributed by atoms with Gasteiger partial charge in [-0.3, -0.25) is 4.68 Å². The minimum absolute atomic E-state index is 0.494. The molecular weight excluding hydrogens is 242 g/mol. The van der Waals surface area contributed by atoms with Crippen LogP contribution in [0.1, 0.15) is 30.8 Å². The quantitative estimate of drug-likeness (QED) is 0.832. The smallest absolute Gasteiger partial charge is 0.0522 e. The maximum Gasteiger partial charge on any atom is 0.0522 e. The molecule has 0 aromatic carbocycles. The number of thiophene rings is 1. The zero-order valence-electron chi connectivity index (χ0n) is 11.1. The summed E-state index contributed by atoms with van der Waals surface area (Å²) in [6.45, 7) is 6.31. The largest absolute Gasteiger partial charge is 0.308 e. The number of nitrogens with one attached hydrogen (secondary N) is 1. The lowest BCUT2D eigenvalue weighted by Crippen LogP contribution is -2.28. The van der Waals surface area contributed by atoms with E-state index in [0.717, 1.165) is 25.9 Å². The van der Waals surface area contributed by atoms with Gasteiger partial charge < -0.3 is 5.32 Å². The van der Waals surface area contributed by atoms with Crippen LogP contribution >= 0.6 is 11.3 Å². The second-order valence-corrected chi connectivity index (χ2v) is 5.64. The van der Waals surface area contributed by atoms with Crippen molar-refractivity contribution in [3.8, 4) is 0 Å². The molecule has 0 radical (unpaired) electrons. The van der Waals surface area contributed by atoms with Crippen LogP contribution in [-0.4, -0.2) is 15.8 Å². The van der Waals surface area contributed by atoms with Crippen LogP contribution in [0.25, 0.3) is 0 Å². The molecule has 0 aliphatic carbocycles. The first-order valence-corrected chi connectivity index (χ1v) is 7.44. The lowest BCUT2D eigenvalue weighted by Gasteiger charge is -2.13. The number of nitrogens with zero attached hydrogens (tertiary/aromatic N) is 2. The lowest BCUT2D eigenvalue weighted by atomic mass is 10.2. The van der Waals surface area contributed by atoms with Crippen LogP contribution in [-0.2, 0) is 19.5 Å². The van der Waals surface area contributed by atoms with Crippen LogP contribution in [0.15, 0.2) is 29.8 Å². The molecule has 2 rings (SSSR count). The topological polar surface area (TPSA) is 29.9 Å². The fraction of sp³-hybridized carbons (Fsp3) is 0.500. The second-order valence-electron chi connectivity index (χ2n) is 4.61. The third-order valence-corrected chi connectivity index (χ3v) is 3.86. The van der Waals surface area contributed by atoms with Gasteiger partial charge in [-0.1, -0.05) is 13.0 Å². The van der Waals surface area contributed by atoms with Crippen LogP contribution in [0.4, 0.5) is 0 Å². The number of rotatable bonds is 7. The Hall–Kier alpha value is -1.13. The molecule has 0 saturated carbocycles. The van der Waals surface area contributed by atoms with E-state index < -0.39 is 0 Å². The molecule has 2 aromatic rings. The molecule has 0 saturated heterocycles. The summed E-state index contributed by atoms with van der Waals surface area (Å²) in [6.07, 6.45) is 4.11. The second kappa shape index (κ2) is 6.71. The molecule has 0 bridgehead atoms. The zero-order valence-corrected chi connectivity index (χ0v) is 11.9.